The summed E-state index contributed by atoms with van der Waals surface area (Å²) < 4.78 is 15.4. The first-order valence-electron chi connectivity index (χ1n) is 5.12. The van der Waals surface area contributed by atoms with Crippen molar-refractivity contribution in [3.63, 3.8) is 0 Å². The quantitative estimate of drug-likeness (QED) is 0.797. The van der Waals surface area contributed by atoms with Crippen molar-refractivity contribution in [3.8, 4) is 6.07 Å². The molecule has 7 heteroatoms. The predicted molar refractivity (Wildman–Crippen MR) is 74.1 cm³/mol. The molecule has 2 rings (SSSR count). The van der Waals surface area contributed by atoms with E-state index < -0.39 is 5.82 Å². The van der Waals surface area contributed by atoms with Gasteiger partial charge in [0.05, 0.1) is 28.8 Å². The van der Waals surface area contributed by atoms with Crippen LogP contribution in [-0.2, 0) is 6.54 Å². The number of nitriles is 1. The maximum absolute atomic E-state index is 13.3. The van der Waals surface area contributed by atoms with Crippen LogP contribution in [0.15, 0.2) is 38.1 Å². The number of aromatic nitrogens is 2. The summed E-state index contributed by atoms with van der Waals surface area (Å²) in [6, 6.07) is 5.79. The minimum atomic E-state index is -0.515. The molecule has 2 aromatic rings. The van der Waals surface area contributed by atoms with Crippen molar-refractivity contribution >= 4 is 31.9 Å². The van der Waals surface area contributed by atoms with Gasteiger partial charge in [0.2, 0.25) is 0 Å². The molecular formula is C12H6Br2FN3O. The molecule has 0 spiro atoms. The van der Waals surface area contributed by atoms with Gasteiger partial charge in [-0.25, -0.2) is 9.07 Å². The second kappa shape index (κ2) is 5.63. The first-order valence-corrected chi connectivity index (χ1v) is 6.70. The van der Waals surface area contributed by atoms with Gasteiger partial charge >= 0.3 is 0 Å². The molecule has 0 saturated carbocycles. The minimum absolute atomic E-state index is 0.0944. The van der Waals surface area contributed by atoms with Crippen molar-refractivity contribution in [2.75, 3.05) is 0 Å². The van der Waals surface area contributed by atoms with Crippen LogP contribution in [0.2, 0.25) is 0 Å². The number of halogens is 3. The lowest BCUT2D eigenvalue weighted by atomic mass is 10.1. The van der Waals surface area contributed by atoms with E-state index in [-0.39, 0.29) is 17.7 Å². The van der Waals surface area contributed by atoms with Gasteiger partial charge in [-0.05, 0) is 55.6 Å². The Kier molecular flexibility index (Phi) is 4.12. The van der Waals surface area contributed by atoms with Crippen molar-refractivity contribution in [1.82, 2.24) is 9.78 Å². The number of rotatable bonds is 2. The van der Waals surface area contributed by atoms with Gasteiger partial charge in [0.15, 0.2) is 0 Å². The number of hydrogen-bond donors (Lipinski definition) is 0. The molecule has 4 nitrogen and oxygen atoms in total. The highest BCUT2D eigenvalue weighted by molar-refractivity contribution is 9.13. The Balaban J connectivity index is 2.43. The summed E-state index contributed by atoms with van der Waals surface area (Å²) in [7, 11) is 0. The van der Waals surface area contributed by atoms with E-state index in [1.54, 1.807) is 0 Å². The second-order valence-electron chi connectivity index (χ2n) is 3.73. The van der Waals surface area contributed by atoms with Gasteiger partial charge in [0.25, 0.3) is 5.56 Å². The zero-order chi connectivity index (χ0) is 14.0. The molecule has 0 aliphatic heterocycles. The van der Waals surface area contributed by atoms with Crippen molar-refractivity contribution in [2.45, 2.75) is 6.54 Å². The lowest BCUT2D eigenvalue weighted by molar-refractivity contribution is 0.608. The monoisotopic (exact) mass is 385 g/mol. The molecule has 0 aliphatic rings. The average Bonchev–Trinajstić information content (AvgIpc) is 2.39. The summed E-state index contributed by atoms with van der Waals surface area (Å²) in [6.07, 6.45) is 1.47. The van der Waals surface area contributed by atoms with Crippen LogP contribution in [0.1, 0.15) is 11.1 Å². The summed E-state index contributed by atoms with van der Waals surface area (Å²) >= 11 is 6.31. The van der Waals surface area contributed by atoms with Crippen LogP contribution in [0.25, 0.3) is 0 Å². The Morgan fingerprint density at radius 1 is 1.37 bits per heavy atom. The van der Waals surface area contributed by atoms with Crippen LogP contribution >= 0.6 is 31.9 Å². The third-order valence-corrected chi connectivity index (χ3v) is 4.26. The number of benzene rings is 1. The second-order valence-corrected chi connectivity index (χ2v) is 5.38. The minimum Gasteiger partial charge on any atom is -0.266 e. The highest BCUT2D eigenvalue weighted by atomic mass is 79.9. The fraction of sp³-hybridized carbons (Fsp3) is 0.0833. The van der Waals surface area contributed by atoms with Crippen molar-refractivity contribution < 1.29 is 4.39 Å². The van der Waals surface area contributed by atoms with Crippen molar-refractivity contribution in [2.24, 2.45) is 0 Å². The van der Waals surface area contributed by atoms with Gasteiger partial charge < -0.3 is 0 Å². The van der Waals surface area contributed by atoms with Crippen molar-refractivity contribution in [1.29, 1.82) is 5.26 Å². The topological polar surface area (TPSA) is 58.7 Å². The molecule has 0 radical (unpaired) electrons. The zero-order valence-electron chi connectivity index (χ0n) is 9.40. The third kappa shape index (κ3) is 3.08. The molecule has 0 N–H and O–H groups in total. The van der Waals surface area contributed by atoms with Gasteiger partial charge in [0, 0.05) is 0 Å². The normalized spacial score (nSPS) is 10.2. The molecule has 0 amide bonds. The lowest BCUT2D eigenvalue weighted by Crippen LogP contribution is -2.24. The van der Waals surface area contributed by atoms with E-state index in [0.717, 1.165) is 6.07 Å². The van der Waals surface area contributed by atoms with Crippen LogP contribution < -0.4 is 5.56 Å². The van der Waals surface area contributed by atoms with Gasteiger partial charge in [-0.2, -0.15) is 10.4 Å². The summed E-state index contributed by atoms with van der Waals surface area (Å²) in [6.45, 7) is 0.0944. The molecule has 0 aliphatic carbocycles. The van der Waals surface area contributed by atoms with E-state index in [4.69, 9.17) is 5.26 Å². The number of hydrogen-bond acceptors (Lipinski definition) is 3. The maximum atomic E-state index is 13.3. The van der Waals surface area contributed by atoms with Crippen molar-refractivity contribution in [3.05, 3.63) is 60.6 Å². The fourth-order valence-electron chi connectivity index (χ4n) is 1.54. The Bertz CT molecular complexity index is 737. The van der Waals surface area contributed by atoms with E-state index >= 15 is 0 Å². The summed E-state index contributed by atoms with van der Waals surface area (Å²) in [5.41, 5.74) is 0.372. The predicted octanol–water partition coefficient (Wildman–Crippen LogP) is 2.83. The molecule has 1 aromatic heterocycles. The van der Waals surface area contributed by atoms with Crippen LogP contribution in [0.4, 0.5) is 4.39 Å². The zero-order valence-corrected chi connectivity index (χ0v) is 12.6. The molecule has 1 aromatic carbocycles. The third-order valence-electron chi connectivity index (χ3n) is 2.36. The van der Waals surface area contributed by atoms with Gasteiger partial charge in [-0.3, -0.25) is 4.79 Å². The van der Waals surface area contributed by atoms with Crippen LogP contribution in [0.5, 0.6) is 0 Å². The van der Waals surface area contributed by atoms with Crippen LogP contribution in [-0.4, -0.2) is 9.78 Å². The molecule has 96 valence electrons. The Morgan fingerprint density at radius 3 is 2.79 bits per heavy atom. The molecule has 0 saturated heterocycles. The molecule has 19 heavy (non-hydrogen) atoms. The first-order chi connectivity index (χ1) is 9.01. The van der Waals surface area contributed by atoms with Gasteiger partial charge in [0.1, 0.15) is 10.3 Å². The SMILES string of the molecule is N#Cc1cc(F)cc(Cn2ncc(Br)c(Br)c2=O)c1. The molecule has 0 atom stereocenters. The molecule has 0 unspecified atom stereocenters. The van der Waals surface area contributed by atoms with E-state index in [2.05, 4.69) is 37.0 Å². The Labute approximate surface area is 124 Å². The number of nitrogens with zero attached hydrogens (tertiary/aromatic N) is 3. The summed E-state index contributed by atoms with van der Waals surface area (Å²) in [5.74, 6) is -0.515. The maximum Gasteiger partial charge on any atom is 0.282 e. The lowest BCUT2D eigenvalue weighted by Gasteiger charge is -2.06. The summed E-state index contributed by atoms with van der Waals surface area (Å²) in [5, 5.41) is 12.7. The highest BCUT2D eigenvalue weighted by Gasteiger charge is 2.08. The van der Waals surface area contributed by atoms with E-state index in [1.165, 1.54) is 23.0 Å². The molecular weight excluding hydrogens is 381 g/mol. The van der Waals surface area contributed by atoms with E-state index in [9.17, 15) is 9.18 Å². The van der Waals surface area contributed by atoms with Gasteiger partial charge in [-0.15, -0.1) is 0 Å². The standard InChI is InChI=1S/C12H6Br2FN3O/c13-10-5-17-18(12(19)11(10)14)6-8-1-7(4-16)2-9(15)3-8/h1-3,5H,6H2. The average molecular weight is 387 g/mol. The first kappa shape index (κ1) is 13.9. The van der Waals surface area contributed by atoms with Crippen LogP contribution in [0, 0.1) is 17.1 Å². The Morgan fingerprint density at radius 2 is 2.11 bits per heavy atom. The molecule has 0 fully saturated rings. The van der Waals surface area contributed by atoms with Gasteiger partial charge in [-0.1, -0.05) is 0 Å². The molecule has 0 bridgehead atoms. The smallest absolute Gasteiger partial charge is 0.266 e. The highest BCUT2D eigenvalue weighted by Crippen LogP contribution is 2.17. The fourth-order valence-corrected chi connectivity index (χ4v) is 2.10. The largest absolute Gasteiger partial charge is 0.282 e. The van der Waals surface area contributed by atoms with Crippen LogP contribution in [0.3, 0.4) is 0 Å². The Hall–Kier alpha value is -1.52. The molecule has 1 heterocycles. The summed E-state index contributed by atoms with van der Waals surface area (Å²) in [4.78, 5) is 11.9. The van der Waals surface area contributed by atoms with E-state index in [0.29, 0.717) is 14.5 Å². The van der Waals surface area contributed by atoms with E-state index in [1.807, 2.05) is 6.07 Å².